The monoisotopic (exact) mass is 432 g/mol. The highest BCUT2D eigenvalue weighted by Crippen LogP contribution is 2.23. The smallest absolute Gasteiger partial charge is 0.0968 e. The number of aromatic nitrogens is 2. The van der Waals surface area contributed by atoms with E-state index in [1.54, 1.807) is 0 Å². The van der Waals surface area contributed by atoms with Gasteiger partial charge in [0.25, 0.3) is 0 Å². The van der Waals surface area contributed by atoms with Crippen molar-refractivity contribution in [1.29, 1.82) is 0 Å². The number of fused-ring (bicyclic) bond motifs is 3. The predicted octanol–water partition coefficient (Wildman–Crippen LogP) is 3.15. The average Bonchev–Trinajstić information content (AvgIpc) is 3.54. The third kappa shape index (κ3) is 5.44. The summed E-state index contributed by atoms with van der Waals surface area (Å²) in [6.45, 7) is 10.9. The van der Waals surface area contributed by atoms with E-state index in [2.05, 4.69) is 56.8 Å². The molecule has 2 N–H and O–H groups in total. The summed E-state index contributed by atoms with van der Waals surface area (Å²) in [6.07, 6.45) is 5.40. The molecule has 4 heterocycles. The molecule has 170 valence electrons. The van der Waals surface area contributed by atoms with Gasteiger partial charge in [-0.15, -0.1) is 0 Å². The van der Waals surface area contributed by atoms with Crippen molar-refractivity contribution in [3.63, 3.8) is 0 Å². The van der Waals surface area contributed by atoms with Crippen molar-refractivity contribution in [2.45, 2.75) is 38.8 Å². The molecule has 0 saturated carbocycles. The van der Waals surface area contributed by atoms with Crippen molar-refractivity contribution in [3.05, 3.63) is 47.8 Å². The van der Waals surface area contributed by atoms with Gasteiger partial charge in [0.2, 0.25) is 0 Å². The van der Waals surface area contributed by atoms with Crippen LogP contribution in [0.5, 0.6) is 0 Å². The van der Waals surface area contributed by atoms with Crippen molar-refractivity contribution in [1.82, 2.24) is 30.4 Å². The molecule has 1 aromatic carbocycles. The van der Waals surface area contributed by atoms with Gasteiger partial charge in [-0.2, -0.15) is 0 Å². The molecule has 0 radical (unpaired) electrons. The number of benzene rings is 1. The quantitative estimate of drug-likeness (QED) is 0.379. The van der Waals surface area contributed by atoms with Crippen LogP contribution in [0.4, 0.5) is 0 Å². The normalized spacial score (nSPS) is 17.8. The fourth-order valence-electron chi connectivity index (χ4n) is 4.97. The van der Waals surface area contributed by atoms with Crippen LogP contribution >= 0.6 is 0 Å². The Labute approximate surface area is 191 Å². The van der Waals surface area contributed by atoms with Crippen LogP contribution in [0.3, 0.4) is 0 Å². The van der Waals surface area contributed by atoms with E-state index >= 15 is 0 Å². The Morgan fingerprint density at radius 2 is 1.00 bits per heavy atom. The fraction of sp³-hybridized carbons (Fsp3) is 0.538. The van der Waals surface area contributed by atoms with E-state index in [0.29, 0.717) is 0 Å². The number of pyridine rings is 2. The maximum Gasteiger partial charge on any atom is 0.0968 e. The molecule has 2 aliphatic heterocycles. The summed E-state index contributed by atoms with van der Waals surface area (Å²) in [4.78, 5) is 15.1. The Bertz CT molecular complexity index is 941. The highest BCUT2D eigenvalue weighted by atomic mass is 15.2. The highest BCUT2D eigenvalue weighted by molar-refractivity contribution is 6.02. The van der Waals surface area contributed by atoms with E-state index in [1.165, 1.54) is 51.9 Å². The van der Waals surface area contributed by atoms with Gasteiger partial charge in [-0.25, -0.2) is 9.97 Å². The van der Waals surface area contributed by atoms with Gasteiger partial charge < -0.3 is 20.4 Å². The Kier molecular flexibility index (Phi) is 7.24. The van der Waals surface area contributed by atoms with Crippen molar-refractivity contribution >= 4 is 21.8 Å². The topological polar surface area (TPSA) is 56.3 Å². The van der Waals surface area contributed by atoms with E-state index in [-0.39, 0.29) is 0 Å². The number of nitrogens with one attached hydrogen (secondary N) is 2. The predicted molar refractivity (Wildman–Crippen MR) is 132 cm³/mol. The lowest BCUT2D eigenvalue weighted by molar-refractivity contribution is 0.335. The van der Waals surface area contributed by atoms with Crippen LogP contribution in [-0.4, -0.2) is 72.1 Å². The summed E-state index contributed by atoms with van der Waals surface area (Å²) in [5, 5.41) is 9.46. The minimum atomic E-state index is 0.803. The molecule has 0 aliphatic carbocycles. The summed E-state index contributed by atoms with van der Waals surface area (Å²) in [6, 6.07) is 13.0. The maximum atomic E-state index is 5.00. The Hall–Kier alpha value is -2.12. The van der Waals surface area contributed by atoms with Crippen LogP contribution in [0.15, 0.2) is 36.4 Å². The van der Waals surface area contributed by atoms with Crippen LogP contribution in [0.25, 0.3) is 21.8 Å². The van der Waals surface area contributed by atoms with Gasteiger partial charge in [-0.05, 0) is 64.0 Å². The molecule has 0 unspecified atom stereocenters. The Morgan fingerprint density at radius 1 is 0.594 bits per heavy atom. The molecule has 0 amide bonds. The lowest BCUT2D eigenvalue weighted by Crippen LogP contribution is -2.29. The third-order valence-corrected chi connectivity index (χ3v) is 6.85. The summed E-state index contributed by atoms with van der Waals surface area (Å²) < 4.78 is 0. The molecule has 32 heavy (non-hydrogen) atoms. The van der Waals surface area contributed by atoms with E-state index in [1.807, 2.05) is 0 Å². The largest absolute Gasteiger partial charge is 0.310 e. The number of likely N-dealkylation sites (tertiary alicyclic amines) is 2. The zero-order valence-corrected chi connectivity index (χ0v) is 19.2. The number of nitrogens with zero attached hydrogens (tertiary/aromatic N) is 4. The zero-order chi connectivity index (χ0) is 21.6. The van der Waals surface area contributed by atoms with E-state index in [4.69, 9.17) is 9.97 Å². The Balaban J connectivity index is 1.23. The lowest BCUT2D eigenvalue weighted by atomic mass is 10.1. The molecule has 2 aromatic heterocycles. The minimum Gasteiger partial charge on any atom is -0.310 e. The number of hydrogen-bond donors (Lipinski definition) is 2. The minimum absolute atomic E-state index is 0.803. The molecule has 0 bridgehead atoms. The first kappa shape index (κ1) is 21.7. The van der Waals surface area contributed by atoms with Gasteiger partial charge in [0.1, 0.15) is 0 Å². The van der Waals surface area contributed by atoms with Crippen molar-refractivity contribution in [3.8, 4) is 0 Å². The zero-order valence-electron chi connectivity index (χ0n) is 19.2. The third-order valence-electron chi connectivity index (χ3n) is 6.85. The molecule has 0 atom stereocenters. The standard InChI is InChI=1S/C26H36N6/c1-2-14-31(13-1)17-11-27-19-23-9-7-21-5-6-22-8-10-24(30-26(22)25(21)29-23)20-28-12-18-32-15-3-4-16-32/h5-10,27-28H,1-4,11-20H2. The van der Waals surface area contributed by atoms with Crippen molar-refractivity contribution in [2.24, 2.45) is 0 Å². The first-order valence-corrected chi connectivity index (χ1v) is 12.4. The van der Waals surface area contributed by atoms with E-state index in [0.717, 1.165) is 72.5 Å². The first-order chi connectivity index (χ1) is 15.8. The molecule has 5 rings (SSSR count). The van der Waals surface area contributed by atoms with Crippen molar-refractivity contribution in [2.75, 3.05) is 52.4 Å². The van der Waals surface area contributed by atoms with Crippen LogP contribution in [0.2, 0.25) is 0 Å². The molecule has 2 aliphatic rings. The van der Waals surface area contributed by atoms with Gasteiger partial charge in [0, 0.05) is 50.0 Å². The summed E-state index contributed by atoms with van der Waals surface area (Å²) in [7, 11) is 0. The summed E-state index contributed by atoms with van der Waals surface area (Å²) >= 11 is 0. The SMILES string of the molecule is c1cc2ccc3ccc(CNCCN4CCCC4)nc3c2nc1CNCCN1CCCC1. The van der Waals surface area contributed by atoms with Gasteiger partial charge in [-0.1, -0.05) is 24.3 Å². The number of hydrogen-bond acceptors (Lipinski definition) is 6. The van der Waals surface area contributed by atoms with Crippen molar-refractivity contribution < 1.29 is 0 Å². The second-order valence-electron chi connectivity index (χ2n) is 9.27. The molecule has 2 fully saturated rings. The molecule has 2 saturated heterocycles. The fourth-order valence-corrected chi connectivity index (χ4v) is 4.97. The molecular weight excluding hydrogens is 396 g/mol. The average molecular weight is 433 g/mol. The molecule has 6 heteroatoms. The van der Waals surface area contributed by atoms with Gasteiger partial charge in [-0.3, -0.25) is 0 Å². The van der Waals surface area contributed by atoms with Gasteiger partial charge in [0.05, 0.1) is 22.4 Å². The van der Waals surface area contributed by atoms with Gasteiger partial charge >= 0.3 is 0 Å². The molecule has 6 nitrogen and oxygen atoms in total. The van der Waals surface area contributed by atoms with Crippen LogP contribution in [-0.2, 0) is 13.1 Å². The molecular formula is C26H36N6. The molecule has 0 spiro atoms. The summed E-state index contributed by atoms with van der Waals surface area (Å²) in [5.74, 6) is 0. The second kappa shape index (κ2) is 10.7. The lowest BCUT2D eigenvalue weighted by Gasteiger charge is -2.15. The Morgan fingerprint density at radius 3 is 1.44 bits per heavy atom. The van der Waals surface area contributed by atoms with E-state index < -0.39 is 0 Å². The van der Waals surface area contributed by atoms with Crippen LogP contribution in [0.1, 0.15) is 37.1 Å². The van der Waals surface area contributed by atoms with E-state index in [9.17, 15) is 0 Å². The second-order valence-corrected chi connectivity index (χ2v) is 9.27. The van der Waals surface area contributed by atoms with Crippen LogP contribution in [0, 0.1) is 0 Å². The van der Waals surface area contributed by atoms with Gasteiger partial charge in [0.15, 0.2) is 0 Å². The first-order valence-electron chi connectivity index (χ1n) is 12.4. The molecule has 3 aromatic rings. The summed E-state index contributed by atoms with van der Waals surface area (Å²) in [5.41, 5.74) is 4.20. The maximum absolute atomic E-state index is 5.00. The van der Waals surface area contributed by atoms with Crippen LogP contribution < -0.4 is 10.6 Å². The number of rotatable bonds is 10. The highest BCUT2D eigenvalue weighted by Gasteiger charge is 2.12.